The van der Waals surface area contributed by atoms with E-state index in [0.29, 0.717) is 6.61 Å². The molecule has 0 heterocycles. The van der Waals surface area contributed by atoms with Crippen LogP contribution in [0.25, 0.3) is 0 Å². The topological polar surface area (TPSA) is 26.3 Å². The predicted octanol–water partition coefficient (Wildman–Crippen LogP) is 10.5. The van der Waals surface area contributed by atoms with Gasteiger partial charge in [0, 0.05) is 5.57 Å². The molecule has 0 saturated carbocycles. The van der Waals surface area contributed by atoms with E-state index in [1.807, 2.05) is 6.92 Å². The summed E-state index contributed by atoms with van der Waals surface area (Å²) in [5, 5.41) is 0. The maximum Gasteiger partial charge on any atom is 0.333 e. The number of ether oxygens (including phenoxy) is 1. The van der Waals surface area contributed by atoms with E-state index in [1.54, 1.807) is 0 Å². The van der Waals surface area contributed by atoms with Gasteiger partial charge in [0.1, 0.15) is 0 Å². The summed E-state index contributed by atoms with van der Waals surface area (Å²) in [5.74, 6) is -0.114. The molecule has 0 rings (SSSR count). The Labute approximate surface area is 202 Å². The minimum Gasteiger partial charge on any atom is -0.462 e. The lowest BCUT2D eigenvalue weighted by Gasteiger charge is -2.06. The number of hydrogen-bond donors (Lipinski definition) is 0. The van der Waals surface area contributed by atoms with Crippen LogP contribution in [-0.2, 0) is 9.53 Å². The molecule has 0 aromatic heterocycles. The second-order valence-corrected chi connectivity index (χ2v) is 9.88. The molecule has 190 valence electrons. The zero-order chi connectivity index (χ0) is 23.5. The SMILES string of the molecule is CCCCCCCCC=C(C)C(=O)OCCCCCCCCCCCCCCCCCC. The second kappa shape index (κ2) is 26.5. The van der Waals surface area contributed by atoms with Gasteiger partial charge in [0.15, 0.2) is 0 Å². The van der Waals surface area contributed by atoms with Crippen molar-refractivity contribution in [2.45, 2.75) is 168 Å². The molecule has 0 aromatic carbocycles. The van der Waals surface area contributed by atoms with Crippen LogP contribution in [0.4, 0.5) is 0 Å². The standard InChI is InChI=1S/C30H58O2/c1-4-6-8-10-12-13-14-15-16-17-18-19-20-22-24-26-28-32-30(31)29(3)27-25-23-21-11-9-7-5-2/h27H,4-26,28H2,1-3H3. The van der Waals surface area contributed by atoms with E-state index >= 15 is 0 Å². The number of hydrogen-bond acceptors (Lipinski definition) is 2. The molecule has 0 radical (unpaired) electrons. The Kier molecular flexibility index (Phi) is 25.8. The van der Waals surface area contributed by atoms with E-state index in [4.69, 9.17) is 4.74 Å². The lowest BCUT2D eigenvalue weighted by molar-refractivity contribution is -0.139. The third kappa shape index (κ3) is 23.9. The van der Waals surface area contributed by atoms with Gasteiger partial charge in [-0.3, -0.25) is 0 Å². The van der Waals surface area contributed by atoms with Gasteiger partial charge in [-0.25, -0.2) is 4.79 Å². The Balaban J connectivity index is 3.31. The summed E-state index contributed by atoms with van der Waals surface area (Å²) in [6.45, 7) is 7.01. The van der Waals surface area contributed by atoms with Crippen molar-refractivity contribution in [1.29, 1.82) is 0 Å². The Bertz CT molecular complexity index is 413. The van der Waals surface area contributed by atoms with E-state index in [9.17, 15) is 4.79 Å². The van der Waals surface area contributed by atoms with Crippen LogP contribution in [-0.4, -0.2) is 12.6 Å². The van der Waals surface area contributed by atoms with Crippen molar-refractivity contribution in [2.75, 3.05) is 6.61 Å². The van der Waals surface area contributed by atoms with Crippen LogP contribution in [0.2, 0.25) is 0 Å². The fraction of sp³-hybridized carbons (Fsp3) is 0.900. The highest BCUT2D eigenvalue weighted by molar-refractivity contribution is 5.87. The zero-order valence-electron chi connectivity index (χ0n) is 22.4. The lowest BCUT2D eigenvalue weighted by atomic mass is 10.0. The van der Waals surface area contributed by atoms with Gasteiger partial charge in [-0.05, 0) is 26.2 Å². The number of rotatable bonds is 25. The van der Waals surface area contributed by atoms with Crippen molar-refractivity contribution in [3.63, 3.8) is 0 Å². The van der Waals surface area contributed by atoms with Crippen molar-refractivity contribution in [1.82, 2.24) is 0 Å². The molecule has 0 fully saturated rings. The van der Waals surface area contributed by atoms with Gasteiger partial charge in [-0.2, -0.15) is 0 Å². The molecular weight excluding hydrogens is 392 g/mol. The lowest BCUT2D eigenvalue weighted by Crippen LogP contribution is -2.07. The molecule has 0 aliphatic heterocycles. The van der Waals surface area contributed by atoms with Crippen LogP contribution < -0.4 is 0 Å². The monoisotopic (exact) mass is 450 g/mol. The van der Waals surface area contributed by atoms with E-state index < -0.39 is 0 Å². The van der Waals surface area contributed by atoms with Crippen LogP contribution >= 0.6 is 0 Å². The smallest absolute Gasteiger partial charge is 0.333 e. The molecule has 0 aliphatic carbocycles. The van der Waals surface area contributed by atoms with Crippen LogP contribution in [0.1, 0.15) is 168 Å². The fourth-order valence-corrected chi connectivity index (χ4v) is 4.26. The van der Waals surface area contributed by atoms with Gasteiger partial charge < -0.3 is 4.74 Å². The number of carbonyl (C=O) groups excluding carboxylic acids is 1. The molecule has 0 N–H and O–H groups in total. The Morgan fingerprint density at radius 3 is 1.28 bits per heavy atom. The minimum atomic E-state index is -0.114. The minimum absolute atomic E-state index is 0.114. The highest BCUT2D eigenvalue weighted by Crippen LogP contribution is 2.14. The first-order chi connectivity index (χ1) is 15.7. The van der Waals surface area contributed by atoms with Crippen LogP contribution in [0.3, 0.4) is 0 Å². The summed E-state index contributed by atoms with van der Waals surface area (Å²) >= 11 is 0. The predicted molar refractivity (Wildman–Crippen MR) is 142 cm³/mol. The van der Waals surface area contributed by atoms with Crippen molar-refractivity contribution < 1.29 is 9.53 Å². The molecule has 0 aromatic rings. The van der Waals surface area contributed by atoms with Crippen LogP contribution in [0.5, 0.6) is 0 Å². The van der Waals surface area contributed by atoms with Gasteiger partial charge in [0.05, 0.1) is 6.61 Å². The van der Waals surface area contributed by atoms with Gasteiger partial charge in [-0.1, -0.05) is 148 Å². The molecular formula is C30H58O2. The van der Waals surface area contributed by atoms with E-state index in [0.717, 1.165) is 18.4 Å². The van der Waals surface area contributed by atoms with Crippen LogP contribution in [0, 0.1) is 0 Å². The number of esters is 1. The molecule has 2 nitrogen and oxygen atoms in total. The van der Waals surface area contributed by atoms with E-state index in [2.05, 4.69) is 19.9 Å². The maximum absolute atomic E-state index is 12.0. The zero-order valence-corrected chi connectivity index (χ0v) is 22.4. The third-order valence-electron chi connectivity index (χ3n) is 6.56. The van der Waals surface area contributed by atoms with Crippen molar-refractivity contribution in [3.8, 4) is 0 Å². The maximum atomic E-state index is 12.0. The summed E-state index contributed by atoms with van der Waals surface area (Å²) in [7, 11) is 0. The molecule has 0 unspecified atom stereocenters. The van der Waals surface area contributed by atoms with Crippen molar-refractivity contribution >= 4 is 5.97 Å². The number of unbranched alkanes of at least 4 members (excludes halogenated alkanes) is 21. The van der Waals surface area contributed by atoms with Gasteiger partial charge in [-0.15, -0.1) is 0 Å². The van der Waals surface area contributed by atoms with Crippen molar-refractivity contribution in [2.24, 2.45) is 0 Å². The number of allylic oxidation sites excluding steroid dienone is 1. The first kappa shape index (κ1) is 31.2. The highest BCUT2D eigenvalue weighted by atomic mass is 16.5. The van der Waals surface area contributed by atoms with Crippen LogP contribution in [0.15, 0.2) is 11.6 Å². The first-order valence-corrected chi connectivity index (χ1v) is 14.6. The molecule has 2 heteroatoms. The molecule has 0 saturated heterocycles. The van der Waals surface area contributed by atoms with E-state index in [-0.39, 0.29) is 5.97 Å². The fourth-order valence-electron chi connectivity index (χ4n) is 4.26. The first-order valence-electron chi connectivity index (χ1n) is 14.6. The Morgan fingerprint density at radius 2 is 0.875 bits per heavy atom. The molecule has 0 bridgehead atoms. The van der Waals surface area contributed by atoms with Gasteiger partial charge in [0.25, 0.3) is 0 Å². The molecule has 0 amide bonds. The molecule has 32 heavy (non-hydrogen) atoms. The average Bonchev–Trinajstić information content (AvgIpc) is 2.80. The third-order valence-corrected chi connectivity index (χ3v) is 6.56. The summed E-state index contributed by atoms with van der Waals surface area (Å²) in [6.07, 6.45) is 32.7. The summed E-state index contributed by atoms with van der Waals surface area (Å²) < 4.78 is 5.43. The quantitative estimate of drug-likeness (QED) is 0.0785. The largest absolute Gasteiger partial charge is 0.462 e. The average molecular weight is 451 g/mol. The summed E-state index contributed by atoms with van der Waals surface area (Å²) in [6, 6.07) is 0. The summed E-state index contributed by atoms with van der Waals surface area (Å²) in [5.41, 5.74) is 0.787. The van der Waals surface area contributed by atoms with Crippen molar-refractivity contribution in [3.05, 3.63) is 11.6 Å². The normalized spacial score (nSPS) is 11.8. The van der Waals surface area contributed by atoms with Gasteiger partial charge >= 0.3 is 5.97 Å². The van der Waals surface area contributed by atoms with E-state index in [1.165, 1.54) is 135 Å². The molecule has 0 atom stereocenters. The highest BCUT2D eigenvalue weighted by Gasteiger charge is 2.04. The molecule has 0 aliphatic rings. The Hall–Kier alpha value is -0.790. The molecule has 0 spiro atoms. The Morgan fingerprint density at radius 1 is 0.531 bits per heavy atom. The number of carbonyl (C=O) groups is 1. The van der Waals surface area contributed by atoms with Gasteiger partial charge in [0.2, 0.25) is 0 Å². The second-order valence-electron chi connectivity index (χ2n) is 9.88. The summed E-state index contributed by atoms with van der Waals surface area (Å²) in [4.78, 5) is 12.0.